The van der Waals surface area contributed by atoms with Crippen molar-refractivity contribution in [1.29, 1.82) is 0 Å². The van der Waals surface area contributed by atoms with E-state index in [1.54, 1.807) is 0 Å². The van der Waals surface area contributed by atoms with Gasteiger partial charge in [-0.2, -0.15) is 0 Å². The van der Waals surface area contributed by atoms with Gasteiger partial charge < -0.3 is 45.4 Å². The van der Waals surface area contributed by atoms with Gasteiger partial charge in [-0.15, -0.1) is 0 Å². The molecule has 1 aliphatic rings. The van der Waals surface area contributed by atoms with Crippen LogP contribution in [0.2, 0.25) is 0 Å². The number of carbonyl (C=O) groups is 1. The number of amides is 1. The van der Waals surface area contributed by atoms with Gasteiger partial charge in [0, 0.05) is 6.42 Å². The number of unbranched alkanes of at least 4 members (excludes halogenated alkanes) is 13. The average molecular weight is 578 g/mol. The van der Waals surface area contributed by atoms with Gasteiger partial charge in [0.1, 0.15) is 30.5 Å². The molecule has 238 valence electrons. The predicted molar refractivity (Wildman–Crippen MR) is 154 cm³/mol. The number of carbonyl (C=O) groups excluding carboxylic acids is 1. The SMILES string of the molecule is CCCCCCCCCC[C@@H](O)[C@@H](O)[C@H](CO[C@@H]1O[C@H](CO)[C@H](O)C(O)C1O)NC(=O)CCCCCCCCC. The minimum atomic E-state index is -1.60. The van der Waals surface area contributed by atoms with E-state index in [0.717, 1.165) is 51.4 Å². The highest BCUT2D eigenvalue weighted by Gasteiger charge is 2.44. The maximum atomic E-state index is 12.7. The molecule has 0 aromatic heterocycles. The molecular weight excluding hydrogens is 518 g/mol. The summed E-state index contributed by atoms with van der Waals surface area (Å²) in [5.41, 5.74) is 0. The van der Waals surface area contributed by atoms with Crippen LogP contribution in [0.15, 0.2) is 0 Å². The molecule has 7 N–H and O–H groups in total. The highest BCUT2D eigenvalue weighted by molar-refractivity contribution is 5.76. The summed E-state index contributed by atoms with van der Waals surface area (Å²) in [4.78, 5) is 12.7. The van der Waals surface area contributed by atoms with Crippen LogP contribution in [0.3, 0.4) is 0 Å². The van der Waals surface area contributed by atoms with Crippen molar-refractivity contribution in [2.45, 2.75) is 172 Å². The Labute approximate surface area is 241 Å². The molecule has 1 heterocycles. The van der Waals surface area contributed by atoms with Gasteiger partial charge in [-0.25, -0.2) is 0 Å². The molecular formula is C30H59NO9. The van der Waals surface area contributed by atoms with Gasteiger partial charge in [0.25, 0.3) is 0 Å². The fourth-order valence-corrected chi connectivity index (χ4v) is 5.08. The molecule has 10 heteroatoms. The zero-order chi connectivity index (χ0) is 29.8. The fraction of sp³-hybridized carbons (Fsp3) is 0.967. The summed E-state index contributed by atoms with van der Waals surface area (Å²) >= 11 is 0. The summed E-state index contributed by atoms with van der Waals surface area (Å²) in [7, 11) is 0. The minimum absolute atomic E-state index is 0.269. The van der Waals surface area contributed by atoms with Gasteiger partial charge in [0.2, 0.25) is 5.91 Å². The quantitative estimate of drug-likeness (QED) is 0.0853. The number of hydrogen-bond donors (Lipinski definition) is 7. The standard InChI is InChI=1S/C30H59NO9/c1-3-5-7-9-11-13-14-16-18-23(33)26(35)22(31-25(34)19-17-15-12-10-8-6-4-2)21-39-30-29(38)28(37)27(36)24(20-32)40-30/h22-24,26-30,32-33,35-38H,3-21H2,1-2H3,(H,31,34)/t22-,23+,24+,26-,27-,28?,29?,30+/m0/s1. The van der Waals surface area contributed by atoms with E-state index in [1.807, 2.05) is 0 Å². The van der Waals surface area contributed by atoms with Crippen LogP contribution < -0.4 is 5.32 Å². The zero-order valence-corrected chi connectivity index (χ0v) is 25.0. The van der Waals surface area contributed by atoms with Gasteiger partial charge in [-0.1, -0.05) is 104 Å². The van der Waals surface area contributed by atoms with Crippen LogP contribution in [-0.2, 0) is 14.3 Å². The summed E-state index contributed by atoms with van der Waals surface area (Å²) < 4.78 is 11.0. The van der Waals surface area contributed by atoms with Gasteiger partial charge >= 0.3 is 0 Å². The summed E-state index contributed by atoms with van der Waals surface area (Å²) in [6, 6.07) is -0.978. The zero-order valence-electron chi connectivity index (χ0n) is 25.0. The molecule has 1 fully saturated rings. The second-order valence-corrected chi connectivity index (χ2v) is 11.4. The number of aliphatic hydroxyl groups excluding tert-OH is 6. The van der Waals surface area contributed by atoms with Gasteiger partial charge in [0.15, 0.2) is 6.29 Å². The van der Waals surface area contributed by atoms with Crippen LogP contribution in [0.4, 0.5) is 0 Å². The van der Waals surface area contributed by atoms with Crippen molar-refractivity contribution in [3.63, 3.8) is 0 Å². The highest BCUT2D eigenvalue weighted by atomic mass is 16.7. The third-order valence-corrected chi connectivity index (χ3v) is 7.80. The molecule has 1 saturated heterocycles. The van der Waals surface area contributed by atoms with Crippen LogP contribution in [0.1, 0.15) is 123 Å². The van der Waals surface area contributed by atoms with E-state index >= 15 is 0 Å². The first-order valence-electron chi connectivity index (χ1n) is 15.8. The molecule has 0 aromatic carbocycles. The number of aliphatic hydroxyl groups is 6. The van der Waals surface area contributed by atoms with E-state index < -0.39 is 55.6 Å². The topological polar surface area (TPSA) is 169 Å². The van der Waals surface area contributed by atoms with Crippen molar-refractivity contribution in [2.24, 2.45) is 0 Å². The van der Waals surface area contributed by atoms with Crippen LogP contribution >= 0.6 is 0 Å². The van der Waals surface area contributed by atoms with Crippen LogP contribution in [0.25, 0.3) is 0 Å². The molecule has 10 nitrogen and oxygen atoms in total. The lowest BCUT2D eigenvalue weighted by Crippen LogP contribution is -2.60. The summed E-state index contributed by atoms with van der Waals surface area (Å²) in [5.74, 6) is -0.269. The highest BCUT2D eigenvalue weighted by Crippen LogP contribution is 2.23. The second-order valence-electron chi connectivity index (χ2n) is 11.4. The monoisotopic (exact) mass is 577 g/mol. The molecule has 2 unspecified atom stereocenters. The molecule has 8 atom stereocenters. The first-order valence-corrected chi connectivity index (χ1v) is 15.8. The lowest BCUT2D eigenvalue weighted by molar-refractivity contribution is -0.303. The molecule has 0 spiro atoms. The van der Waals surface area contributed by atoms with Crippen LogP contribution in [0, 0.1) is 0 Å². The number of ether oxygens (including phenoxy) is 2. The number of hydrogen-bond acceptors (Lipinski definition) is 9. The fourth-order valence-electron chi connectivity index (χ4n) is 5.08. The first kappa shape index (κ1) is 37.2. The maximum absolute atomic E-state index is 12.7. The second kappa shape index (κ2) is 22.7. The first-order chi connectivity index (χ1) is 19.3. The Kier molecular flexibility index (Phi) is 21.1. The van der Waals surface area contributed by atoms with E-state index in [1.165, 1.54) is 44.9 Å². The van der Waals surface area contributed by atoms with Crippen molar-refractivity contribution in [1.82, 2.24) is 5.32 Å². The van der Waals surface area contributed by atoms with Crippen LogP contribution in [-0.4, -0.2) is 98.7 Å². The third kappa shape index (κ3) is 14.9. The summed E-state index contributed by atoms with van der Waals surface area (Å²) in [6.45, 7) is 3.46. The predicted octanol–water partition coefficient (Wildman–Crippen LogP) is 2.68. The normalized spacial score (nSPS) is 25.4. The molecule has 0 radical (unpaired) electrons. The molecule has 0 aromatic rings. The molecule has 1 aliphatic heterocycles. The smallest absolute Gasteiger partial charge is 0.220 e. The Morgan fingerprint density at radius 1 is 0.775 bits per heavy atom. The van der Waals surface area contributed by atoms with Crippen molar-refractivity contribution in [3.8, 4) is 0 Å². The molecule has 0 saturated carbocycles. The Hall–Kier alpha value is -0.850. The van der Waals surface area contributed by atoms with E-state index in [9.17, 15) is 35.4 Å². The van der Waals surface area contributed by atoms with E-state index in [0.29, 0.717) is 6.42 Å². The van der Waals surface area contributed by atoms with Crippen molar-refractivity contribution in [3.05, 3.63) is 0 Å². The lowest BCUT2D eigenvalue weighted by atomic mass is 9.98. The Morgan fingerprint density at radius 2 is 1.30 bits per heavy atom. The van der Waals surface area contributed by atoms with Crippen molar-refractivity contribution >= 4 is 5.91 Å². The van der Waals surface area contributed by atoms with E-state index in [-0.39, 0.29) is 18.9 Å². The Balaban J connectivity index is 2.63. The average Bonchev–Trinajstić information content (AvgIpc) is 2.95. The number of rotatable bonds is 24. The summed E-state index contributed by atoms with van der Waals surface area (Å²) in [5, 5.41) is 64.1. The van der Waals surface area contributed by atoms with E-state index in [2.05, 4.69) is 19.2 Å². The molecule has 0 bridgehead atoms. The van der Waals surface area contributed by atoms with E-state index in [4.69, 9.17) is 9.47 Å². The van der Waals surface area contributed by atoms with Crippen molar-refractivity contribution in [2.75, 3.05) is 13.2 Å². The molecule has 40 heavy (non-hydrogen) atoms. The Morgan fingerprint density at radius 3 is 1.85 bits per heavy atom. The third-order valence-electron chi connectivity index (χ3n) is 7.80. The summed E-state index contributed by atoms with van der Waals surface area (Å²) in [6.07, 6.45) is 7.34. The van der Waals surface area contributed by atoms with Gasteiger partial charge in [0.05, 0.1) is 25.4 Å². The maximum Gasteiger partial charge on any atom is 0.220 e. The van der Waals surface area contributed by atoms with Crippen LogP contribution in [0.5, 0.6) is 0 Å². The molecule has 0 aliphatic carbocycles. The lowest BCUT2D eigenvalue weighted by Gasteiger charge is -2.40. The largest absolute Gasteiger partial charge is 0.394 e. The van der Waals surface area contributed by atoms with Crippen molar-refractivity contribution < 1.29 is 44.9 Å². The number of nitrogens with one attached hydrogen (secondary N) is 1. The molecule has 1 rings (SSSR count). The van der Waals surface area contributed by atoms with Gasteiger partial charge in [-0.05, 0) is 12.8 Å². The Bertz CT molecular complexity index is 624. The van der Waals surface area contributed by atoms with Gasteiger partial charge in [-0.3, -0.25) is 4.79 Å². The minimum Gasteiger partial charge on any atom is -0.394 e. The molecule has 1 amide bonds.